The predicted octanol–water partition coefficient (Wildman–Crippen LogP) is 4.03. The van der Waals surface area contributed by atoms with Crippen LogP contribution in [0.3, 0.4) is 0 Å². The molecule has 1 aliphatic carbocycles. The summed E-state index contributed by atoms with van der Waals surface area (Å²) in [5, 5.41) is 6.60. The van der Waals surface area contributed by atoms with E-state index >= 15 is 0 Å². The van der Waals surface area contributed by atoms with Crippen LogP contribution in [0.4, 0.5) is 13.2 Å². The molecule has 1 heterocycles. The molecule has 25 heavy (non-hydrogen) atoms. The molecule has 3 rings (SSSR count). The largest absolute Gasteiger partial charge is 0.407 e. The Morgan fingerprint density at radius 2 is 1.92 bits per heavy atom. The van der Waals surface area contributed by atoms with Gasteiger partial charge in [0.1, 0.15) is 6.04 Å². The van der Waals surface area contributed by atoms with Crippen molar-refractivity contribution in [1.82, 2.24) is 15.1 Å². The molecule has 1 saturated carbocycles. The summed E-state index contributed by atoms with van der Waals surface area (Å²) >= 11 is 9.59. The summed E-state index contributed by atoms with van der Waals surface area (Å²) in [5.41, 5.74) is 0.115. The van der Waals surface area contributed by atoms with Gasteiger partial charge in [-0.3, -0.25) is 4.79 Å². The Hall–Kier alpha value is -1.51. The van der Waals surface area contributed by atoms with Crippen LogP contribution >= 0.6 is 24.2 Å². The Bertz CT molecular complexity index is 760. The first-order valence-electron chi connectivity index (χ1n) is 7.49. The summed E-state index contributed by atoms with van der Waals surface area (Å²) in [5.74, 6) is 0. The van der Waals surface area contributed by atoms with Crippen LogP contribution in [0.2, 0.25) is 5.02 Å². The second-order valence-electron chi connectivity index (χ2n) is 5.54. The summed E-state index contributed by atoms with van der Waals surface area (Å²) in [6.45, 7) is 0. The van der Waals surface area contributed by atoms with E-state index in [4.69, 9.17) is 11.6 Å². The third-order valence-electron chi connectivity index (χ3n) is 3.52. The van der Waals surface area contributed by atoms with Crippen molar-refractivity contribution in [2.75, 3.05) is 7.05 Å². The molecule has 0 unspecified atom stereocenters. The molecule has 1 atom stereocenters. The average Bonchev–Trinajstić information content (AvgIpc) is 3.34. The van der Waals surface area contributed by atoms with Crippen molar-refractivity contribution < 1.29 is 13.2 Å². The Kier molecular flexibility index (Phi) is 6.53. The number of rotatable bonds is 3. The van der Waals surface area contributed by atoms with Crippen molar-refractivity contribution in [3.8, 4) is 0 Å². The maximum atomic E-state index is 12.4. The predicted molar refractivity (Wildman–Crippen MR) is 93.3 cm³/mol. The maximum absolute atomic E-state index is 12.4. The van der Waals surface area contributed by atoms with Crippen LogP contribution in [-0.4, -0.2) is 23.0 Å². The third-order valence-corrected chi connectivity index (χ3v) is 4.02. The second-order valence-corrected chi connectivity index (χ2v) is 6.50. The van der Waals surface area contributed by atoms with Crippen molar-refractivity contribution in [1.29, 1.82) is 0 Å². The Morgan fingerprint density at radius 3 is 2.36 bits per heavy atom. The van der Waals surface area contributed by atoms with Gasteiger partial charge in [0, 0.05) is 16.0 Å². The third kappa shape index (κ3) is 5.76. The van der Waals surface area contributed by atoms with Gasteiger partial charge in [-0.1, -0.05) is 23.7 Å². The molecule has 4 nitrogen and oxygen atoms in total. The first-order chi connectivity index (χ1) is 11.7. The summed E-state index contributed by atoms with van der Waals surface area (Å²) in [6, 6.07) is 5.80. The molecule has 1 aromatic heterocycles. The van der Waals surface area contributed by atoms with Crippen molar-refractivity contribution >= 4 is 24.2 Å². The van der Waals surface area contributed by atoms with Gasteiger partial charge in [0.15, 0.2) is 0 Å². The van der Waals surface area contributed by atoms with Crippen molar-refractivity contribution in [3.63, 3.8) is 0 Å². The number of nitrogens with zero attached hydrogens (tertiary/aromatic N) is 2. The van der Waals surface area contributed by atoms with E-state index in [1.807, 2.05) is 0 Å². The molecule has 1 aliphatic rings. The van der Waals surface area contributed by atoms with E-state index in [0.717, 1.165) is 12.8 Å². The lowest BCUT2D eigenvalue weighted by atomic mass is 10.1. The van der Waals surface area contributed by atoms with Crippen LogP contribution in [-0.2, 0) is 0 Å². The lowest BCUT2D eigenvalue weighted by Crippen LogP contribution is -2.31. The standard InChI is InChI=1S/C9H9ClF3N.C7H8N2OS/c1-14-8(9(11,12)13)6-2-4-7(10)5-3-6;10-7-3-6(11)4-8-9(7)5-1-2-5/h2-5,8,14H,1H3;3-5,11H,1-2H2/t8-;/m1./s1. The summed E-state index contributed by atoms with van der Waals surface area (Å²) in [4.78, 5) is 11.8. The first kappa shape index (κ1) is 19.8. The van der Waals surface area contributed by atoms with Crippen LogP contribution in [0, 0.1) is 0 Å². The fourth-order valence-electron chi connectivity index (χ4n) is 2.18. The van der Waals surface area contributed by atoms with E-state index in [9.17, 15) is 18.0 Å². The first-order valence-corrected chi connectivity index (χ1v) is 8.32. The average molecular weight is 392 g/mol. The van der Waals surface area contributed by atoms with Crippen LogP contribution in [0.5, 0.6) is 0 Å². The molecule has 0 saturated heterocycles. The smallest absolute Gasteiger partial charge is 0.306 e. The van der Waals surface area contributed by atoms with Crippen molar-refractivity contribution in [3.05, 3.63) is 57.5 Å². The molecule has 0 amide bonds. The highest BCUT2D eigenvalue weighted by molar-refractivity contribution is 7.80. The Labute approximate surface area is 153 Å². The minimum absolute atomic E-state index is 0.0417. The van der Waals surface area contributed by atoms with E-state index in [-0.39, 0.29) is 11.1 Å². The van der Waals surface area contributed by atoms with Gasteiger partial charge in [0.2, 0.25) is 0 Å². The zero-order valence-corrected chi connectivity index (χ0v) is 14.9. The molecular weight excluding hydrogens is 375 g/mol. The molecule has 0 aliphatic heterocycles. The van der Waals surface area contributed by atoms with E-state index in [1.165, 1.54) is 42.1 Å². The van der Waals surface area contributed by atoms with Crippen LogP contribution in [0.25, 0.3) is 0 Å². The minimum Gasteiger partial charge on any atom is -0.306 e. The number of halogens is 4. The normalized spacial score (nSPS) is 15.3. The monoisotopic (exact) mass is 391 g/mol. The molecule has 9 heteroatoms. The number of hydrogen-bond acceptors (Lipinski definition) is 4. The Balaban J connectivity index is 0.000000185. The van der Waals surface area contributed by atoms with Gasteiger partial charge in [-0.25, -0.2) is 4.68 Å². The number of alkyl halides is 3. The highest BCUT2D eigenvalue weighted by Crippen LogP contribution is 2.33. The lowest BCUT2D eigenvalue weighted by molar-refractivity contribution is -0.156. The Morgan fingerprint density at radius 1 is 1.32 bits per heavy atom. The van der Waals surface area contributed by atoms with Gasteiger partial charge < -0.3 is 5.32 Å². The van der Waals surface area contributed by atoms with Crippen LogP contribution in [0.1, 0.15) is 30.5 Å². The highest BCUT2D eigenvalue weighted by Gasteiger charge is 2.39. The van der Waals surface area contributed by atoms with Gasteiger partial charge in [-0.05, 0) is 37.6 Å². The second kappa shape index (κ2) is 8.25. The van der Waals surface area contributed by atoms with E-state index in [0.29, 0.717) is 16.0 Å². The zero-order valence-electron chi connectivity index (χ0n) is 13.3. The number of aromatic nitrogens is 2. The van der Waals surface area contributed by atoms with Gasteiger partial charge in [0.05, 0.1) is 12.2 Å². The highest BCUT2D eigenvalue weighted by atomic mass is 35.5. The number of thiol groups is 1. The molecule has 1 N–H and O–H groups in total. The summed E-state index contributed by atoms with van der Waals surface area (Å²) in [7, 11) is 1.27. The van der Waals surface area contributed by atoms with Crippen molar-refractivity contribution in [2.45, 2.75) is 36.0 Å². The van der Waals surface area contributed by atoms with Crippen LogP contribution in [0.15, 0.2) is 46.2 Å². The fourth-order valence-corrected chi connectivity index (χ4v) is 2.46. The molecule has 0 bridgehead atoms. The number of nitrogens with one attached hydrogen (secondary N) is 1. The van der Waals surface area contributed by atoms with Gasteiger partial charge in [-0.15, -0.1) is 12.6 Å². The zero-order chi connectivity index (χ0) is 18.6. The topological polar surface area (TPSA) is 46.9 Å². The quantitative estimate of drug-likeness (QED) is 0.776. The summed E-state index contributed by atoms with van der Waals surface area (Å²) in [6.07, 6.45) is -0.525. The molecule has 2 aromatic rings. The minimum atomic E-state index is -4.29. The van der Waals surface area contributed by atoms with Crippen LogP contribution < -0.4 is 10.9 Å². The van der Waals surface area contributed by atoms with Gasteiger partial charge in [0.25, 0.3) is 5.56 Å². The fraction of sp³-hybridized carbons (Fsp3) is 0.375. The number of hydrogen-bond donors (Lipinski definition) is 2. The molecule has 136 valence electrons. The molecular formula is C16H17ClF3N3OS. The molecule has 1 fully saturated rings. The van der Waals surface area contributed by atoms with E-state index in [1.54, 1.807) is 6.20 Å². The molecule has 1 aromatic carbocycles. The summed E-state index contributed by atoms with van der Waals surface area (Å²) < 4.78 is 38.8. The lowest BCUT2D eigenvalue weighted by Gasteiger charge is -2.19. The van der Waals surface area contributed by atoms with Gasteiger partial charge in [-0.2, -0.15) is 18.3 Å². The van der Waals surface area contributed by atoms with E-state index < -0.39 is 12.2 Å². The SMILES string of the molecule is CN[C@H](c1ccc(Cl)cc1)C(F)(F)F.O=c1cc(S)cnn1C1CC1. The van der Waals surface area contributed by atoms with E-state index in [2.05, 4.69) is 23.0 Å². The van der Waals surface area contributed by atoms with Gasteiger partial charge >= 0.3 is 6.18 Å². The maximum Gasteiger partial charge on any atom is 0.407 e. The van der Waals surface area contributed by atoms with Crippen molar-refractivity contribution in [2.24, 2.45) is 0 Å². The number of benzene rings is 1. The molecule has 0 radical (unpaired) electrons. The molecule has 0 spiro atoms.